The molecule has 1 N–H and O–H groups in total. The van der Waals surface area contributed by atoms with Crippen molar-refractivity contribution < 1.29 is 37.0 Å². The molecule has 0 rings (SSSR count). The number of unbranched alkanes of at least 4 members (excludes halogenated alkanes) is 23. The second kappa shape index (κ2) is 43.5. The lowest BCUT2D eigenvalue weighted by Crippen LogP contribution is -2.34. The first-order valence-corrected chi connectivity index (χ1v) is 27.4. The van der Waals surface area contributed by atoms with Crippen molar-refractivity contribution >= 4 is 27.9 Å². The molecule has 0 aromatic carbocycles. The Morgan fingerprint density at radius 2 is 0.820 bits per heavy atom. The van der Waals surface area contributed by atoms with Gasteiger partial charge in [-0.1, -0.05) is 163 Å². The average molecular weight is 887 g/mol. The first kappa shape index (κ1) is 59.3. The van der Waals surface area contributed by atoms with Crippen molar-refractivity contribution in [3.8, 4) is 0 Å². The lowest BCUT2D eigenvalue weighted by Gasteiger charge is -2.22. The van der Waals surface area contributed by atoms with Gasteiger partial charge in [-0.3, -0.25) is 14.4 Å². The van der Waals surface area contributed by atoms with Gasteiger partial charge < -0.3 is 19.1 Å². The molecule has 362 valence electrons. The fourth-order valence-corrected chi connectivity index (χ4v) is 8.94. The smallest absolute Gasteiger partial charge is 0.322 e. The highest BCUT2D eigenvalue weighted by Crippen LogP contribution is 2.19. The van der Waals surface area contributed by atoms with E-state index in [9.17, 15) is 22.8 Å². The van der Waals surface area contributed by atoms with E-state index in [2.05, 4.69) is 42.1 Å². The number of nitrogens with zero attached hydrogens (tertiary/aromatic N) is 1. The van der Waals surface area contributed by atoms with Gasteiger partial charge in [0.25, 0.3) is 0 Å². The molecule has 0 bridgehead atoms. The van der Waals surface area contributed by atoms with Crippen LogP contribution in [0.3, 0.4) is 0 Å². The number of methoxy groups -OCH3 is 1. The minimum atomic E-state index is -3.71. The molecule has 11 heteroatoms. The molecule has 0 fully saturated rings. The van der Waals surface area contributed by atoms with E-state index in [0.29, 0.717) is 19.3 Å². The van der Waals surface area contributed by atoms with Crippen LogP contribution in [-0.2, 0) is 38.6 Å². The fourth-order valence-electron chi connectivity index (χ4n) is 7.96. The minimum Gasteiger partial charge on any atom is -0.468 e. The molecule has 0 aliphatic carbocycles. The molecule has 10 nitrogen and oxygen atoms in total. The van der Waals surface area contributed by atoms with Crippen LogP contribution in [0.5, 0.6) is 0 Å². The second-order valence-electron chi connectivity index (χ2n) is 17.8. The number of carbonyl (C=O) groups excluding carboxylic acids is 3. The summed E-state index contributed by atoms with van der Waals surface area (Å²) >= 11 is 0. The van der Waals surface area contributed by atoms with E-state index in [4.69, 9.17) is 9.47 Å². The zero-order valence-electron chi connectivity index (χ0n) is 40.6. The van der Waals surface area contributed by atoms with Crippen molar-refractivity contribution in [2.45, 2.75) is 265 Å². The van der Waals surface area contributed by atoms with Gasteiger partial charge in [0.05, 0.1) is 7.11 Å². The maximum atomic E-state index is 12.8. The molecule has 1 atom stereocenters. The van der Waals surface area contributed by atoms with Crippen molar-refractivity contribution in [1.82, 2.24) is 9.62 Å². The topological polar surface area (TPSA) is 128 Å². The summed E-state index contributed by atoms with van der Waals surface area (Å²) < 4.78 is 43.3. The lowest BCUT2D eigenvalue weighted by molar-refractivity contribution is -0.150. The van der Waals surface area contributed by atoms with Crippen LogP contribution in [0, 0.1) is 0 Å². The Kier molecular flexibility index (Phi) is 42.3. The van der Waals surface area contributed by atoms with Crippen LogP contribution in [-0.4, -0.2) is 82.5 Å². The Labute approximate surface area is 377 Å². The zero-order valence-corrected chi connectivity index (χ0v) is 41.4. The van der Waals surface area contributed by atoms with E-state index in [1.54, 1.807) is 0 Å². The third-order valence-corrected chi connectivity index (χ3v) is 13.2. The van der Waals surface area contributed by atoms with Gasteiger partial charge in [-0.05, 0) is 96.7 Å². The summed E-state index contributed by atoms with van der Waals surface area (Å²) in [6, 6.07) is 0. The van der Waals surface area contributed by atoms with Crippen LogP contribution < -0.4 is 4.72 Å². The molecule has 1 unspecified atom stereocenters. The predicted octanol–water partition coefficient (Wildman–Crippen LogP) is 12.9. The third kappa shape index (κ3) is 40.8. The van der Waals surface area contributed by atoms with Crippen molar-refractivity contribution in [2.24, 2.45) is 0 Å². The Morgan fingerprint density at radius 3 is 1.25 bits per heavy atom. The highest BCUT2D eigenvalue weighted by atomic mass is 32.2. The van der Waals surface area contributed by atoms with Crippen molar-refractivity contribution in [3.63, 3.8) is 0 Å². The molecule has 0 aromatic rings. The predicted molar refractivity (Wildman–Crippen MR) is 254 cm³/mol. The Bertz CT molecular complexity index is 1100. The number of ether oxygens (including phenoxy) is 3. The number of rotatable bonds is 47. The van der Waals surface area contributed by atoms with Crippen molar-refractivity contribution in [3.05, 3.63) is 0 Å². The van der Waals surface area contributed by atoms with E-state index >= 15 is 0 Å². The maximum Gasteiger partial charge on any atom is 0.322 e. The Hall–Kier alpha value is -1.72. The van der Waals surface area contributed by atoms with Gasteiger partial charge in [0.1, 0.15) is 12.2 Å². The molecule has 0 radical (unpaired) electrons. The monoisotopic (exact) mass is 887 g/mol. The summed E-state index contributed by atoms with van der Waals surface area (Å²) in [4.78, 5) is 39.2. The Balaban J connectivity index is 4.63. The van der Waals surface area contributed by atoms with Crippen LogP contribution >= 0.6 is 0 Å². The molecular weight excluding hydrogens is 789 g/mol. The summed E-state index contributed by atoms with van der Waals surface area (Å²) in [5.74, 6) is -1.52. The van der Waals surface area contributed by atoms with Gasteiger partial charge in [-0.2, -0.15) is 0 Å². The standard InChI is InChI=1S/C50H98N2O8S/c1-6-10-13-16-21-28-36-46(9-4)59-48(53)39-31-24-19-26-33-42-52(44-35-41-51-61(56,57)45-50(55)58-5)43-34-27-20-25-32-40-49(54)60-47(37-29-22-17-14-11-7-2)38-30-23-18-15-12-8-3/h46-47,51H,6-45H2,1-5H3. The van der Waals surface area contributed by atoms with Crippen LogP contribution in [0.1, 0.15) is 252 Å². The molecule has 0 amide bonds. The largest absolute Gasteiger partial charge is 0.468 e. The van der Waals surface area contributed by atoms with Gasteiger partial charge in [-0.15, -0.1) is 0 Å². The number of sulfonamides is 1. The molecule has 0 aliphatic rings. The number of carbonyl (C=O) groups is 3. The average Bonchev–Trinajstić information content (AvgIpc) is 3.24. The van der Waals surface area contributed by atoms with E-state index < -0.39 is 21.7 Å². The van der Waals surface area contributed by atoms with Crippen molar-refractivity contribution in [2.75, 3.05) is 39.0 Å². The van der Waals surface area contributed by atoms with Gasteiger partial charge in [0, 0.05) is 19.4 Å². The minimum absolute atomic E-state index is 0.0285. The Morgan fingerprint density at radius 1 is 0.459 bits per heavy atom. The number of hydrogen-bond acceptors (Lipinski definition) is 9. The van der Waals surface area contributed by atoms with Crippen LogP contribution in [0.2, 0.25) is 0 Å². The molecule has 0 saturated carbocycles. The van der Waals surface area contributed by atoms with Gasteiger partial charge in [-0.25, -0.2) is 13.1 Å². The lowest BCUT2D eigenvalue weighted by atomic mass is 10.0. The number of hydrogen-bond donors (Lipinski definition) is 1. The van der Waals surface area contributed by atoms with Crippen LogP contribution in [0.4, 0.5) is 0 Å². The summed E-state index contributed by atoms with van der Waals surface area (Å²) in [6.45, 7) is 11.8. The normalized spacial score (nSPS) is 12.3. The molecule has 61 heavy (non-hydrogen) atoms. The zero-order chi connectivity index (χ0) is 45.1. The van der Waals surface area contributed by atoms with Gasteiger partial charge >= 0.3 is 17.9 Å². The molecular formula is C50H98N2O8S. The van der Waals surface area contributed by atoms with E-state index in [1.807, 2.05) is 0 Å². The summed E-state index contributed by atoms with van der Waals surface area (Å²) in [7, 11) is -2.53. The number of nitrogens with one attached hydrogen (secondary N) is 1. The van der Waals surface area contributed by atoms with Crippen LogP contribution in [0.25, 0.3) is 0 Å². The summed E-state index contributed by atoms with van der Waals surface area (Å²) in [5.41, 5.74) is 0. The highest BCUT2D eigenvalue weighted by molar-refractivity contribution is 7.90. The summed E-state index contributed by atoms with van der Waals surface area (Å²) in [6.07, 6.45) is 38.4. The SMILES string of the molecule is CCCCCCCCC(CC)OC(=O)CCCCCCCN(CCCCCCCC(=O)OC(CCCCCCCC)CCCCCCCC)CCCNS(=O)(=O)CC(=O)OC. The van der Waals surface area contributed by atoms with E-state index in [-0.39, 0.29) is 30.7 Å². The second-order valence-corrected chi connectivity index (χ2v) is 19.6. The number of esters is 3. The van der Waals surface area contributed by atoms with Crippen LogP contribution in [0.15, 0.2) is 0 Å². The molecule has 0 aliphatic heterocycles. The van der Waals surface area contributed by atoms with Crippen molar-refractivity contribution in [1.29, 1.82) is 0 Å². The molecule has 0 aromatic heterocycles. The summed E-state index contributed by atoms with van der Waals surface area (Å²) in [5, 5.41) is 0. The molecule has 0 heterocycles. The quantitative estimate of drug-likeness (QED) is 0.0361. The molecule has 0 spiro atoms. The van der Waals surface area contributed by atoms with Gasteiger partial charge in [0.2, 0.25) is 10.0 Å². The highest BCUT2D eigenvalue weighted by Gasteiger charge is 2.17. The van der Waals surface area contributed by atoms with E-state index in [0.717, 1.165) is 129 Å². The third-order valence-electron chi connectivity index (χ3n) is 11.9. The van der Waals surface area contributed by atoms with Gasteiger partial charge in [0.15, 0.2) is 5.75 Å². The van der Waals surface area contributed by atoms with E-state index in [1.165, 1.54) is 103 Å². The first-order valence-electron chi connectivity index (χ1n) is 25.8. The fraction of sp³-hybridized carbons (Fsp3) is 0.940. The molecule has 0 saturated heterocycles. The first-order chi connectivity index (χ1) is 29.6. The maximum absolute atomic E-state index is 12.8.